The summed E-state index contributed by atoms with van der Waals surface area (Å²) >= 11 is 0. The lowest BCUT2D eigenvalue weighted by molar-refractivity contribution is 0.0951. The number of aromatic amines is 1. The molecule has 1 aromatic carbocycles. The van der Waals surface area contributed by atoms with Gasteiger partial charge in [-0.3, -0.25) is 4.79 Å². The highest BCUT2D eigenvalue weighted by Crippen LogP contribution is 2.30. The Balaban J connectivity index is 1.98. The Bertz CT molecular complexity index is 678. The first kappa shape index (κ1) is 14.6. The van der Waals surface area contributed by atoms with E-state index in [9.17, 15) is 4.79 Å². The molecule has 22 heavy (non-hydrogen) atoms. The van der Waals surface area contributed by atoms with Gasteiger partial charge in [0.1, 0.15) is 17.3 Å². The first-order chi connectivity index (χ1) is 10.7. The second-order valence-electron chi connectivity index (χ2n) is 5.60. The molecule has 1 aliphatic rings. The van der Waals surface area contributed by atoms with E-state index in [4.69, 9.17) is 4.74 Å². The molecule has 1 unspecified atom stereocenters. The molecule has 5 nitrogen and oxygen atoms in total. The third-order valence-corrected chi connectivity index (χ3v) is 3.93. The summed E-state index contributed by atoms with van der Waals surface area (Å²) < 4.78 is 5.97. The van der Waals surface area contributed by atoms with Gasteiger partial charge in [-0.05, 0) is 38.3 Å². The van der Waals surface area contributed by atoms with Crippen molar-refractivity contribution in [2.24, 2.45) is 0 Å². The number of hydrogen-bond donors (Lipinski definition) is 2. The third-order valence-electron chi connectivity index (χ3n) is 3.93. The first-order valence-electron chi connectivity index (χ1n) is 7.82. The number of carbonyl (C=O) groups is 1. The van der Waals surface area contributed by atoms with Crippen molar-refractivity contribution in [2.45, 2.75) is 39.2 Å². The summed E-state index contributed by atoms with van der Waals surface area (Å²) in [5.41, 5.74) is 2.30. The van der Waals surface area contributed by atoms with E-state index in [0.717, 1.165) is 36.3 Å². The molecule has 0 saturated heterocycles. The molecule has 0 aliphatic carbocycles. The number of para-hydroxylation sites is 1. The minimum Gasteiger partial charge on any atom is -0.490 e. The predicted octanol–water partition coefficient (Wildman–Crippen LogP) is 2.93. The maximum absolute atomic E-state index is 12.0. The summed E-state index contributed by atoms with van der Waals surface area (Å²) in [5, 5.41) is 2.87. The smallest absolute Gasteiger partial charge is 0.271 e. The quantitative estimate of drug-likeness (QED) is 0.912. The van der Waals surface area contributed by atoms with Crippen LogP contribution in [0.4, 0.5) is 0 Å². The summed E-state index contributed by atoms with van der Waals surface area (Å²) in [6, 6.07) is 7.80. The molecular formula is C17H21N3O2. The number of hydrogen-bond acceptors (Lipinski definition) is 3. The molecule has 2 N–H and O–H groups in total. The van der Waals surface area contributed by atoms with Crippen molar-refractivity contribution >= 4 is 5.91 Å². The van der Waals surface area contributed by atoms with Crippen LogP contribution < -0.4 is 10.1 Å². The van der Waals surface area contributed by atoms with Gasteiger partial charge < -0.3 is 15.0 Å². The lowest BCUT2D eigenvalue weighted by Crippen LogP contribution is -2.23. The maximum Gasteiger partial charge on any atom is 0.271 e. The van der Waals surface area contributed by atoms with Gasteiger partial charge >= 0.3 is 0 Å². The molecule has 3 rings (SSSR count). The third kappa shape index (κ3) is 2.84. The number of aryl methyl sites for hydroxylation is 1. The zero-order valence-corrected chi connectivity index (χ0v) is 13.0. The molecule has 0 bridgehead atoms. The summed E-state index contributed by atoms with van der Waals surface area (Å²) in [6.45, 7) is 4.83. The van der Waals surface area contributed by atoms with Gasteiger partial charge in [-0.25, -0.2) is 4.98 Å². The molecule has 1 atom stereocenters. The van der Waals surface area contributed by atoms with Crippen molar-refractivity contribution in [3.05, 3.63) is 35.7 Å². The Morgan fingerprint density at radius 2 is 2.18 bits per heavy atom. The maximum atomic E-state index is 12.0. The number of fused-ring (bicyclic) bond motifs is 1. The summed E-state index contributed by atoms with van der Waals surface area (Å²) in [6.07, 6.45) is 2.82. The fraction of sp³-hybridized carbons (Fsp3) is 0.412. The number of amides is 1. The minimum absolute atomic E-state index is 0.102. The minimum atomic E-state index is -0.102. The van der Waals surface area contributed by atoms with Crippen LogP contribution in [0.25, 0.3) is 11.4 Å². The molecule has 2 aromatic rings. The topological polar surface area (TPSA) is 67.0 Å². The molecule has 5 heteroatoms. The number of ether oxygens (including phenoxy) is 1. The number of imidazole rings is 1. The molecule has 1 aliphatic heterocycles. The zero-order valence-electron chi connectivity index (χ0n) is 13.0. The van der Waals surface area contributed by atoms with E-state index < -0.39 is 0 Å². The van der Waals surface area contributed by atoms with Crippen LogP contribution in [0, 0.1) is 0 Å². The van der Waals surface area contributed by atoms with E-state index in [1.54, 1.807) is 0 Å². The van der Waals surface area contributed by atoms with E-state index in [1.165, 1.54) is 0 Å². The van der Waals surface area contributed by atoms with Crippen LogP contribution in [0.3, 0.4) is 0 Å². The molecule has 0 radical (unpaired) electrons. The van der Waals surface area contributed by atoms with Crippen LogP contribution in [-0.2, 0) is 6.42 Å². The molecular weight excluding hydrogens is 278 g/mol. The fourth-order valence-corrected chi connectivity index (χ4v) is 2.52. The highest BCUT2D eigenvalue weighted by atomic mass is 16.5. The standard InChI is InChI=1S/C17H21N3O2/c1-3-11(2)22-14-9-5-4-7-12(14)16-19-13-8-6-10-18-17(21)15(13)20-16/h4-5,7,9,11H,3,6,8,10H2,1-2H3,(H,18,21)(H,19,20). The van der Waals surface area contributed by atoms with Gasteiger partial charge in [0.15, 0.2) is 0 Å². The fourth-order valence-electron chi connectivity index (χ4n) is 2.52. The Hall–Kier alpha value is -2.30. The number of H-pyrrole nitrogens is 1. The van der Waals surface area contributed by atoms with E-state index in [0.29, 0.717) is 18.1 Å². The highest BCUT2D eigenvalue weighted by Gasteiger charge is 2.21. The number of nitrogens with one attached hydrogen (secondary N) is 2. The predicted molar refractivity (Wildman–Crippen MR) is 85.1 cm³/mol. The number of aromatic nitrogens is 2. The van der Waals surface area contributed by atoms with Crippen molar-refractivity contribution in [1.82, 2.24) is 15.3 Å². The summed E-state index contributed by atoms with van der Waals surface area (Å²) in [7, 11) is 0. The van der Waals surface area contributed by atoms with Crippen LogP contribution in [0.15, 0.2) is 24.3 Å². The number of carbonyl (C=O) groups excluding carboxylic acids is 1. The lowest BCUT2D eigenvalue weighted by atomic mass is 10.2. The van der Waals surface area contributed by atoms with Gasteiger partial charge in [0, 0.05) is 12.2 Å². The average Bonchev–Trinajstić information content (AvgIpc) is 2.88. The largest absolute Gasteiger partial charge is 0.490 e. The second-order valence-corrected chi connectivity index (χ2v) is 5.60. The average molecular weight is 299 g/mol. The molecule has 2 heterocycles. The van der Waals surface area contributed by atoms with Gasteiger partial charge in [0.2, 0.25) is 0 Å². The van der Waals surface area contributed by atoms with Crippen molar-refractivity contribution in [3.63, 3.8) is 0 Å². The Labute approximate surface area is 130 Å². The van der Waals surface area contributed by atoms with Gasteiger partial charge in [0.05, 0.1) is 11.7 Å². The zero-order chi connectivity index (χ0) is 15.5. The number of benzene rings is 1. The molecule has 1 aromatic heterocycles. The van der Waals surface area contributed by atoms with Crippen molar-refractivity contribution in [2.75, 3.05) is 6.54 Å². The Morgan fingerprint density at radius 1 is 1.36 bits per heavy atom. The van der Waals surface area contributed by atoms with Crippen LogP contribution >= 0.6 is 0 Å². The highest BCUT2D eigenvalue weighted by molar-refractivity contribution is 5.94. The van der Waals surface area contributed by atoms with Gasteiger partial charge in [-0.1, -0.05) is 19.1 Å². The van der Waals surface area contributed by atoms with Crippen LogP contribution in [-0.4, -0.2) is 28.5 Å². The summed E-state index contributed by atoms with van der Waals surface area (Å²) in [5.74, 6) is 1.39. The first-order valence-corrected chi connectivity index (χ1v) is 7.82. The number of rotatable bonds is 4. The van der Waals surface area contributed by atoms with Crippen LogP contribution in [0.2, 0.25) is 0 Å². The van der Waals surface area contributed by atoms with Crippen molar-refractivity contribution in [1.29, 1.82) is 0 Å². The monoisotopic (exact) mass is 299 g/mol. The van der Waals surface area contributed by atoms with Crippen molar-refractivity contribution < 1.29 is 9.53 Å². The van der Waals surface area contributed by atoms with Gasteiger partial charge in [-0.15, -0.1) is 0 Å². The van der Waals surface area contributed by atoms with Gasteiger partial charge in [0.25, 0.3) is 5.91 Å². The SMILES string of the molecule is CCC(C)Oc1ccccc1-c1nc2c([nH]1)CCCNC2=O. The Kier molecular flexibility index (Phi) is 4.13. The van der Waals surface area contributed by atoms with E-state index in [1.807, 2.05) is 31.2 Å². The van der Waals surface area contributed by atoms with E-state index in [-0.39, 0.29) is 12.0 Å². The lowest BCUT2D eigenvalue weighted by Gasteiger charge is -2.15. The van der Waals surface area contributed by atoms with E-state index >= 15 is 0 Å². The van der Waals surface area contributed by atoms with E-state index in [2.05, 4.69) is 22.2 Å². The van der Waals surface area contributed by atoms with Crippen LogP contribution in [0.5, 0.6) is 5.75 Å². The normalized spacial score (nSPS) is 15.6. The Morgan fingerprint density at radius 3 is 3.00 bits per heavy atom. The number of nitrogens with zero attached hydrogens (tertiary/aromatic N) is 1. The summed E-state index contributed by atoms with van der Waals surface area (Å²) in [4.78, 5) is 19.8. The molecule has 0 saturated carbocycles. The molecule has 1 amide bonds. The van der Waals surface area contributed by atoms with Gasteiger partial charge in [-0.2, -0.15) is 0 Å². The molecule has 116 valence electrons. The second kappa shape index (κ2) is 6.22. The molecule has 0 fully saturated rings. The van der Waals surface area contributed by atoms with Crippen LogP contribution in [0.1, 0.15) is 42.9 Å². The van der Waals surface area contributed by atoms with Crippen molar-refractivity contribution in [3.8, 4) is 17.1 Å². The molecule has 0 spiro atoms.